The zero-order chi connectivity index (χ0) is 9.80. The van der Waals surface area contributed by atoms with Gasteiger partial charge in [-0.25, -0.2) is 10.4 Å². The van der Waals surface area contributed by atoms with Gasteiger partial charge in [0.25, 0.3) is 0 Å². The van der Waals surface area contributed by atoms with Crippen LogP contribution in [-0.4, -0.2) is 11.6 Å². The van der Waals surface area contributed by atoms with Crippen LogP contribution in [0.5, 0.6) is 0 Å². The van der Waals surface area contributed by atoms with Gasteiger partial charge in [0.2, 0.25) is 0 Å². The van der Waals surface area contributed by atoms with Gasteiger partial charge in [0.1, 0.15) is 0 Å². The second kappa shape index (κ2) is 4.54. The second-order valence-electron chi connectivity index (χ2n) is 3.18. The standard InChI is InChI=1S/C9H13N3OS/c10-12-9(8-5-14-6-11-8)7-2-1-3-13-4-7/h4-6,9,12H,1-3,10H2. The van der Waals surface area contributed by atoms with E-state index in [-0.39, 0.29) is 6.04 Å². The van der Waals surface area contributed by atoms with Crippen molar-refractivity contribution in [1.29, 1.82) is 0 Å². The quantitative estimate of drug-likeness (QED) is 0.585. The Morgan fingerprint density at radius 1 is 1.64 bits per heavy atom. The lowest BCUT2D eigenvalue weighted by atomic mass is 10.0. The molecule has 0 saturated heterocycles. The molecule has 0 aromatic carbocycles. The molecule has 76 valence electrons. The highest BCUT2D eigenvalue weighted by Crippen LogP contribution is 2.26. The molecule has 5 heteroatoms. The molecule has 0 bridgehead atoms. The van der Waals surface area contributed by atoms with Crippen LogP contribution in [0, 0.1) is 0 Å². The number of aromatic nitrogens is 1. The van der Waals surface area contributed by atoms with Gasteiger partial charge in [-0.3, -0.25) is 5.84 Å². The maximum atomic E-state index is 5.51. The fourth-order valence-corrected chi connectivity index (χ4v) is 2.12. The van der Waals surface area contributed by atoms with Gasteiger partial charge in [-0.15, -0.1) is 11.3 Å². The van der Waals surface area contributed by atoms with Gasteiger partial charge >= 0.3 is 0 Å². The Balaban J connectivity index is 2.16. The maximum absolute atomic E-state index is 5.51. The molecule has 4 nitrogen and oxygen atoms in total. The first kappa shape index (κ1) is 9.64. The Kier molecular flexibility index (Phi) is 3.13. The van der Waals surface area contributed by atoms with Gasteiger partial charge in [0, 0.05) is 5.38 Å². The molecule has 1 atom stereocenters. The van der Waals surface area contributed by atoms with Crippen LogP contribution in [0.15, 0.2) is 22.7 Å². The van der Waals surface area contributed by atoms with E-state index in [1.54, 1.807) is 17.6 Å². The summed E-state index contributed by atoms with van der Waals surface area (Å²) < 4.78 is 5.28. The summed E-state index contributed by atoms with van der Waals surface area (Å²) >= 11 is 1.57. The van der Waals surface area contributed by atoms with Crippen molar-refractivity contribution in [2.24, 2.45) is 5.84 Å². The normalized spacial score (nSPS) is 18.5. The SMILES string of the molecule is NNC(C1=COCCC1)c1cscn1. The summed E-state index contributed by atoms with van der Waals surface area (Å²) in [6.45, 7) is 0.803. The van der Waals surface area contributed by atoms with Crippen LogP contribution >= 0.6 is 11.3 Å². The molecule has 2 rings (SSSR count). The summed E-state index contributed by atoms with van der Waals surface area (Å²) in [6.07, 6.45) is 3.87. The number of rotatable bonds is 3. The largest absolute Gasteiger partial charge is 0.501 e. The Hall–Kier alpha value is -0.910. The predicted octanol–water partition coefficient (Wildman–Crippen LogP) is 1.34. The fourth-order valence-electron chi connectivity index (χ4n) is 1.54. The number of nitrogens with two attached hydrogens (primary N) is 1. The van der Waals surface area contributed by atoms with Crippen LogP contribution in [0.25, 0.3) is 0 Å². The molecule has 0 saturated carbocycles. The second-order valence-corrected chi connectivity index (χ2v) is 3.90. The van der Waals surface area contributed by atoms with Crippen LogP contribution in [-0.2, 0) is 4.74 Å². The average molecular weight is 211 g/mol. The first-order valence-corrected chi connectivity index (χ1v) is 5.51. The van der Waals surface area contributed by atoms with Gasteiger partial charge in [-0.1, -0.05) is 0 Å². The highest BCUT2D eigenvalue weighted by atomic mass is 32.1. The summed E-state index contributed by atoms with van der Waals surface area (Å²) in [5.74, 6) is 5.51. The van der Waals surface area contributed by atoms with E-state index in [0.717, 1.165) is 25.1 Å². The van der Waals surface area contributed by atoms with E-state index in [1.807, 2.05) is 10.9 Å². The highest BCUT2D eigenvalue weighted by Gasteiger charge is 2.18. The van der Waals surface area contributed by atoms with E-state index in [9.17, 15) is 0 Å². The molecule has 2 heterocycles. The third-order valence-corrected chi connectivity index (χ3v) is 2.85. The molecule has 1 aliphatic rings. The van der Waals surface area contributed by atoms with Gasteiger partial charge < -0.3 is 4.74 Å². The molecule has 0 amide bonds. The zero-order valence-electron chi connectivity index (χ0n) is 7.77. The molecule has 0 spiro atoms. The molecule has 0 fully saturated rings. The number of hydrogen-bond donors (Lipinski definition) is 2. The van der Waals surface area contributed by atoms with Gasteiger partial charge in [-0.2, -0.15) is 0 Å². The smallest absolute Gasteiger partial charge is 0.0882 e. The molecule has 1 aromatic heterocycles. The molecular formula is C9H13N3OS. The molecule has 1 unspecified atom stereocenters. The van der Waals surface area contributed by atoms with Crippen LogP contribution in [0.4, 0.5) is 0 Å². The van der Waals surface area contributed by atoms with E-state index in [1.165, 1.54) is 5.57 Å². The number of ether oxygens (including phenoxy) is 1. The Labute approximate surface area is 86.8 Å². The maximum Gasteiger partial charge on any atom is 0.0882 e. The van der Waals surface area contributed by atoms with Gasteiger partial charge in [0.05, 0.1) is 30.1 Å². The molecule has 0 aliphatic carbocycles. The zero-order valence-corrected chi connectivity index (χ0v) is 8.59. The highest BCUT2D eigenvalue weighted by molar-refractivity contribution is 7.07. The number of hydrogen-bond acceptors (Lipinski definition) is 5. The molecule has 1 aliphatic heterocycles. The minimum Gasteiger partial charge on any atom is -0.501 e. The van der Waals surface area contributed by atoms with Crippen molar-refractivity contribution >= 4 is 11.3 Å². The van der Waals surface area contributed by atoms with Crippen molar-refractivity contribution in [2.75, 3.05) is 6.61 Å². The number of thiazole rings is 1. The topological polar surface area (TPSA) is 60.2 Å². The summed E-state index contributed by atoms with van der Waals surface area (Å²) in [5.41, 5.74) is 6.72. The predicted molar refractivity (Wildman–Crippen MR) is 55.4 cm³/mol. The molecule has 14 heavy (non-hydrogen) atoms. The van der Waals surface area contributed by atoms with Crippen molar-refractivity contribution in [2.45, 2.75) is 18.9 Å². The van der Waals surface area contributed by atoms with E-state index in [0.29, 0.717) is 0 Å². The lowest BCUT2D eigenvalue weighted by Gasteiger charge is -2.20. The Morgan fingerprint density at radius 3 is 3.14 bits per heavy atom. The van der Waals surface area contributed by atoms with Crippen LogP contribution in [0.3, 0.4) is 0 Å². The third-order valence-electron chi connectivity index (χ3n) is 2.25. The molecular weight excluding hydrogens is 198 g/mol. The molecule has 1 aromatic rings. The third kappa shape index (κ3) is 1.95. The van der Waals surface area contributed by atoms with Gasteiger partial charge in [0.15, 0.2) is 0 Å². The van der Waals surface area contributed by atoms with Crippen molar-refractivity contribution in [3.8, 4) is 0 Å². The minimum atomic E-state index is 0.00144. The van der Waals surface area contributed by atoms with Crippen LogP contribution < -0.4 is 11.3 Å². The first-order chi connectivity index (χ1) is 6.92. The lowest BCUT2D eigenvalue weighted by Crippen LogP contribution is -2.30. The number of nitrogens with zero attached hydrogens (tertiary/aromatic N) is 1. The van der Waals surface area contributed by atoms with E-state index >= 15 is 0 Å². The summed E-state index contributed by atoms with van der Waals surface area (Å²) in [7, 11) is 0. The van der Waals surface area contributed by atoms with Gasteiger partial charge in [-0.05, 0) is 18.4 Å². The van der Waals surface area contributed by atoms with Crippen LogP contribution in [0.1, 0.15) is 24.6 Å². The fraction of sp³-hybridized carbons (Fsp3) is 0.444. The first-order valence-electron chi connectivity index (χ1n) is 4.56. The number of nitrogens with one attached hydrogen (secondary N) is 1. The Bertz CT molecular complexity index is 310. The van der Waals surface area contributed by atoms with E-state index < -0.39 is 0 Å². The molecule has 3 N–H and O–H groups in total. The van der Waals surface area contributed by atoms with E-state index in [4.69, 9.17) is 10.6 Å². The monoisotopic (exact) mass is 211 g/mol. The van der Waals surface area contributed by atoms with Crippen molar-refractivity contribution in [3.05, 3.63) is 28.4 Å². The minimum absolute atomic E-state index is 0.00144. The Morgan fingerprint density at radius 2 is 2.57 bits per heavy atom. The van der Waals surface area contributed by atoms with Crippen LogP contribution in [0.2, 0.25) is 0 Å². The summed E-state index contributed by atoms with van der Waals surface area (Å²) in [4.78, 5) is 4.24. The van der Waals surface area contributed by atoms with E-state index in [2.05, 4.69) is 10.4 Å². The summed E-state index contributed by atoms with van der Waals surface area (Å²) in [6, 6.07) is 0.00144. The number of hydrazine groups is 1. The lowest BCUT2D eigenvalue weighted by molar-refractivity contribution is 0.219. The summed E-state index contributed by atoms with van der Waals surface area (Å²) in [5, 5.41) is 2.00. The molecule has 0 radical (unpaired) electrons. The average Bonchev–Trinajstić information content (AvgIpc) is 2.74. The van der Waals surface area contributed by atoms with Crippen molar-refractivity contribution < 1.29 is 4.74 Å². The van der Waals surface area contributed by atoms with Crippen molar-refractivity contribution in [3.63, 3.8) is 0 Å². The van der Waals surface area contributed by atoms with Crippen molar-refractivity contribution in [1.82, 2.24) is 10.4 Å².